The summed E-state index contributed by atoms with van der Waals surface area (Å²) in [5.41, 5.74) is 7.39. The molecule has 0 bridgehead atoms. The van der Waals surface area contributed by atoms with Crippen LogP contribution in [0.15, 0.2) is 18.5 Å². The van der Waals surface area contributed by atoms with Crippen LogP contribution < -0.4 is 5.73 Å². The van der Waals surface area contributed by atoms with Gasteiger partial charge in [-0.05, 0) is 13.0 Å². The molecule has 0 aliphatic rings. The number of aromatic nitrogens is 3. The van der Waals surface area contributed by atoms with Crippen molar-refractivity contribution < 1.29 is 9.53 Å². The average Bonchev–Trinajstić information content (AvgIpc) is 2.62. The molecule has 0 unspecified atom stereocenters. The second-order valence-electron chi connectivity index (χ2n) is 3.54. The van der Waals surface area contributed by atoms with E-state index in [-0.39, 0.29) is 12.4 Å². The molecule has 6 nitrogen and oxygen atoms in total. The third kappa shape index (κ3) is 2.35. The summed E-state index contributed by atoms with van der Waals surface area (Å²) in [6.45, 7) is 2.64. The van der Waals surface area contributed by atoms with Gasteiger partial charge in [-0.2, -0.15) is 0 Å². The Bertz CT molecular complexity index is 535. The molecule has 6 heteroatoms. The molecule has 2 aromatic rings. The minimum atomic E-state index is -0.234. The van der Waals surface area contributed by atoms with E-state index < -0.39 is 0 Å². The van der Waals surface area contributed by atoms with Crippen LogP contribution in [0.3, 0.4) is 0 Å². The molecule has 2 N–H and O–H groups in total. The van der Waals surface area contributed by atoms with E-state index >= 15 is 0 Å². The summed E-state index contributed by atoms with van der Waals surface area (Å²) in [6.07, 6.45) is 3.60. The van der Waals surface area contributed by atoms with E-state index in [2.05, 4.69) is 9.97 Å². The summed E-state index contributed by atoms with van der Waals surface area (Å²) in [5, 5.41) is 0. The summed E-state index contributed by atoms with van der Waals surface area (Å²) in [4.78, 5) is 19.4. The van der Waals surface area contributed by atoms with Gasteiger partial charge in [-0.3, -0.25) is 9.78 Å². The van der Waals surface area contributed by atoms with Crippen LogP contribution in [0.4, 0.5) is 5.95 Å². The van der Waals surface area contributed by atoms with Gasteiger partial charge in [0.25, 0.3) is 0 Å². The number of pyridine rings is 1. The Morgan fingerprint density at radius 3 is 3.18 bits per heavy atom. The summed E-state index contributed by atoms with van der Waals surface area (Å²) in [7, 11) is 0. The van der Waals surface area contributed by atoms with Crippen LogP contribution in [-0.4, -0.2) is 27.1 Å². The molecule has 0 aliphatic carbocycles. The topological polar surface area (TPSA) is 83.0 Å². The molecule has 0 spiro atoms. The number of rotatable bonds is 4. The van der Waals surface area contributed by atoms with Gasteiger partial charge < -0.3 is 15.0 Å². The highest BCUT2D eigenvalue weighted by atomic mass is 16.5. The third-order valence-corrected chi connectivity index (χ3v) is 2.42. The number of carbonyl (C=O) groups is 1. The fraction of sp³-hybridized carbons (Fsp3) is 0.364. The number of ether oxygens (including phenoxy) is 1. The third-order valence-electron chi connectivity index (χ3n) is 2.42. The molecule has 0 amide bonds. The number of hydrogen-bond acceptors (Lipinski definition) is 5. The van der Waals surface area contributed by atoms with Crippen molar-refractivity contribution in [3.8, 4) is 0 Å². The lowest BCUT2D eigenvalue weighted by Gasteiger charge is -2.05. The average molecular weight is 234 g/mol. The summed E-state index contributed by atoms with van der Waals surface area (Å²) in [6, 6.07) is 1.82. The number of nitrogens with zero attached hydrogens (tertiary/aromatic N) is 3. The van der Waals surface area contributed by atoms with Crippen molar-refractivity contribution in [1.29, 1.82) is 0 Å². The van der Waals surface area contributed by atoms with Crippen molar-refractivity contribution in [1.82, 2.24) is 14.5 Å². The number of nitrogens with two attached hydrogens (primary N) is 1. The Kier molecular flexibility index (Phi) is 3.22. The first-order valence-corrected chi connectivity index (χ1v) is 5.43. The van der Waals surface area contributed by atoms with Crippen molar-refractivity contribution in [2.24, 2.45) is 0 Å². The van der Waals surface area contributed by atoms with E-state index in [1.807, 2.05) is 6.07 Å². The fourth-order valence-corrected chi connectivity index (χ4v) is 1.67. The van der Waals surface area contributed by atoms with E-state index in [0.717, 1.165) is 11.0 Å². The van der Waals surface area contributed by atoms with Crippen LogP contribution in [0.5, 0.6) is 0 Å². The summed E-state index contributed by atoms with van der Waals surface area (Å²) < 4.78 is 6.65. The van der Waals surface area contributed by atoms with Crippen LogP contribution in [0.25, 0.3) is 11.0 Å². The minimum Gasteiger partial charge on any atom is -0.466 e. The highest BCUT2D eigenvalue weighted by Gasteiger charge is 2.09. The van der Waals surface area contributed by atoms with E-state index in [4.69, 9.17) is 10.5 Å². The lowest BCUT2D eigenvalue weighted by Crippen LogP contribution is -2.10. The van der Waals surface area contributed by atoms with Crippen LogP contribution >= 0.6 is 0 Å². The number of nitrogen functional groups attached to an aromatic ring is 1. The molecular formula is C11H14N4O2. The molecule has 0 saturated heterocycles. The van der Waals surface area contributed by atoms with Crippen LogP contribution in [0.1, 0.15) is 13.3 Å². The first-order valence-electron chi connectivity index (χ1n) is 5.43. The molecule has 0 saturated carbocycles. The molecule has 0 radical (unpaired) electrons. The van der Waals surface area contributed by atoms with Gasteiger partial charge in [-0.15, -0.1) is 0 Å². The number of hydrogen-bond donors (Lipinski definition) is 1. The van der Waals surface area contributed by atoms with Crippen molar-refractivity contribution in [2.75, 3.05) is 12.3 Å². The smallest absolute Gasteiger partial charge is 0.307 e. The number of aryl methyl sites for hydroxylation is 1. The lowest BCUT2D eigenvalue weighted by molar-refractivity contribution is -0.143. The van der Waals surface area contributed by atoms with Crippen LogP contribution in [-0.2, 0) is 16.1 Å². The maximum absolute atomic E-state index is 11.3. The molecule has 0 atom stereocenters. The van der Waals surface area contributed by atoms with Gasteiger partial charge in [-0.25, -0.2) is 4.98 Å². The van der Waals surface area contributed by atoms with E-state index in [1.54, 1.807) is 23.9 Å². The first kappa shape index (κ1) is 11.4. The van der Waals surface area contributed by atoms with Crippen molar-refractivity contribution in [2.45, 2.75) is 19.9 Å². The molecular weight excluding hydrogens is 220 g/mol. The number of anilines is 1. The second-order valence-corrected chi connectivity index (χ2v) is 3.54. The Labute approximate surface area is 98.4 Å². The lowest BCUT2D eigenvalue weighted by atomic mass is 10.4. The molecule has 0 fully saturated rings. The van der Waals surface area contributed by atoms with Crippen LogP contribution in [0.2, 0.25) is 0 Å². The predicted octanol–water partition coefficient (Wildman–Crippen LogP) is 0.967. The quantitative estimate of drug-likeness (QED) is 0.797. The highest BCUT2D eigenvalue weighted by Crippen LogP contribution is 2.16. The number of fused-ring (bicyclic) bond motifs is 1. The predicted molar refractivity (Wildman–Crippen MR) is 63.2 cm³/mol. The Hall–Kier alpha value is -2.11. The minimum absolute atomic E-state index is 0.234. The molecule has 2 heterocycles. The van der Waals surface area contributed by atoms with Crippen molar-refractivity contribution >= 4 is 23.0 Å². The number of esters is 1. The highest BCUT2D eigenvalue weighted by molar-refractivity contribution is 5.77. The summed E-state index contributed by atoms with van der Waals surface area (Å²) in [5.74, 6) is 0.153. The largest absolute Gasteiger partial charge is 0.466 e. The van der Waals surface area contributed by atoms with Gasteiger partial charge in [0, 0.05) is 12.7 Å². The fourth-order valence-electron chi connectivity index (χ4n) is 1.67. The van der Waals surface area contributed by atoms with Gasteiger partial charge in [0.15, 0.2) is 0 Å². The zero-order chi connectivity index (χ0) is 12.3. The van der Waals surface area contributed by atoms with Gasteiger partial charge in [0.05, 0.1) is 24.7 Å². The van der Waals surface area contributed by atoms with E-state index in [0.29, 0.717) is 19.1 Å². The molecule has 90 valence electrons. The summed E-state index contributed by atoms with van der Waals surface area (Å²) >= 11 is 0. The Balaban J connectivity index is 2.18. The molecule has 0 aliphatic heterocycles. The van der Waals surface area contributed by atoms with Crippen molar-refractivity contribution in [3.63, 3.8) is 0 Å². The van der Waals surface area contributed by atoms with Crippen LogP contribution in [0, 0.1) is 0 Å². The maximum Gasteiger partial charge on any atom is 0.307 e. The molecule has 0 aromatic carbocycles. The Morgan fingerprint density at radius 2 is 2.41 bits per heavy atom. The molecule has 2 rings (SSSR count). The zero-order valence-electron chi connectivity index (χ0n) is 9.59. The molecule has 17 heavy (non-hydrogen) atoms. The molecule has 2 aromatic heterocycles. The van der Waals surface area contributed by atoms with E-state index in [9.17, 15) is 4.79 Å². The first-order chi connectivity index (χ1) is 8.22. The number of imidazole rings is 1. The monoisotopic (exact) mass is 234 g/mol. The van der Waals surface area contributed by atoms with E-state index in [1.165, 1.54) is 0 Å². The van der Waals surface area contributed by atoms with Crippen molar-refractivity contribution in [3.05, 3.63) is 18.5 Å². The SMILES string of the molecule is CCOC(=O)CCn1c(N)nc2cnccc21. The van der Waals surface area contributed by atoms with Gasteiger partial charge >= 0.3 is 5.97 Å². The maximum atomic E-state index is 11.3. The zero-order valence-corrected chi connectivity index (χ0v) is 9.59. The Morgan fingerprint density at radius 1 is 1.59 bits per heavy atom. The van der Waals surface area contributed by atoms with Gasteiger partial charge in [-0.1, -0.05) is 0 Å². The van der Waals surface area contributed by atoms with Gasteiger partial charge in [0.2, 0.25) is 5.95 Å². The number of carbonyl (C=O) groups excluding carboxylic acids is 1. The van der Waals surface area contributed by atoms with Gasteiger partial charge in [0.1, 0.15) is 5.52 Å². The standard InChI is InChI=1S/C11H14N4O2/c1-2-17-10(16)4-6-15-9-3-5-13-7-8(9)14-11(15)12/h3,5,7H,2,4,6H2,1H3,(H2,12,14). The normalized spacial score (nSPS) is 10.6. The second kappa shape index (κ2) is 4.82.